The van der Waals surface area contributed by atoms with Gasteiger partial charge in [0.25, 0.3) is 0 Å². The van der Waals surface area contributed by atoms with Gasteiger partial charge in [0.1, 0.15) is 11.5 Å². The summed E-state index contributed by atoms with van der Waals surface area (Å²) in [7, 11) is 0. The van der Waals surface area contributed by atoms with Gasteiger partial charge in [-0.05, 0) is 92.2 Å². The highest BCUT2D eigenvalue weighted by atomic mass is 16.5. The lowest BCUT2D eigenvalue weighted by atomic mass is 9.97. The number of aromatic nitrogens is 1. The van der Waals surface area contributed by atoms with E-state index in [1.807, 2.05) is 35.2 Å². The molecule has 0 radical (unpaired) electrons. The van der Waals surface area contributed by atoms with Crippen LogP contribution in [0.5, 0.6) is 0 Å². The molecule has 2 bridgehead atoms. The molecule has 2 amide bonds. The van der Waals surface area contributed by atoms with Gasteiger partial charge in [-0.25, -0.2) is 9.59 Å². The Balaban J connectivity index is 0.962. The Kier molecular flexibility index (Phi) is 7.17. The minimum absolute atomic E-state index is 0.0552. The number of anilines is 1. The second kappa shape index (κ2) is 11.5. The number of carbonyl (C=O) groups is 2. The van der Waals surface area contributed by atoms with Crippen LogP contribution in [0.3, 0.4) is 0 Å². The summed E-state index contributed by atoms with van der Waals surface area (Å²) in [6.45, 7) is 0.470. The van der Waals surface area contributed by atoms with E-state index in [2.05, 4.69) is 34.7 Å². The number of aromatic carboxylic acids is 1. The fourth-order valence-electron chi connectivity index (χ4n) is 7.45. The van der Waals surface area contributed by atoms with Gasteiger partial charge in [0, 0.05) is 34.8 Å². The molecule has 45 heavy (non-hydrogen) atoms. The van der Waals surface area contributed by atoms with Gasteiger partial charge < -0.3 is 24.6 Å². The number of benzene rings is 3. The smallest absolute Gasteiger partial charge is 0.336 e. The normalized spacial score (nSPS) is 22.4. The van der Waals surface area contributed by atoms with Gasteiger partial charge in [-0.3, -0.25) is 0 Å². The zero-order valence-electron chi connectivity index (χ0n) is 25.2. The lowest BCUT2D eigenvalue weighted by Crippen LogP contribution is -2.50. The lowest BCUT2D eigenvalue weighted by molar-refractivity contribution is -0.0158. The van der Waals surface area contributed by atoms with Crippen LogP contribution in [0.4, 0.5) is 10.5 Å². The van der Waals surface area contributed by atoms with Gasteiger partial charge in [-0.15, -0.1) is 0 Å². The standard InChI is InChI=1S/C37H37N3O5/c41-36(42)31-17-14-25(18-32(31)22-6-2-1-3-7-22)38-37(43)40-26-15-16-27(40)20-28(19-26)44-21-33-34(39-45-35(33)24-12-13-24)30-9-5-4-8-29(30)23-10-11-23/h1-9,14,17-18,23-24,26-28H,10-13,15-16,19-21H2,(H,38,43)(H,41,42). The van der Waals surface area contributed by atoms with Gasteiger partial charge >= 0.3 is 12.0 Å². The van der Waals surface area contributed by atoms with Crippen molar-refractivity contribution in [2.75, 3.05) is 5.32 Å². The Morgan fingerprint density at radius 2 is 1.58 bits per heavy atom. The third-order valence-electron chi connectivity index (χ3n) is 9.97. The number of carboxylic acids is 1. The quantitative estimate of drug-likeness (QED) is 0.200. The van der Waals surface area contributed by atoms with Crippen LogP contribution in [0.2, 0.25) is 0 Å². The van der Waals surface area contributed by atoms with Crippen LogP contribution >= 0.6 is 0 Å². The number of hydrogen-bond acceptors (Lipinski definition) is 5. The third kappa shape index (κ3) is 5.52. The van der Waals surface area contributed by atoms with Crippen molar-refractivity contribution in [2.24, 2.45) is 0 Å². The molecule has 2 saturated carbocycles. The maximum absolute atomic E-state index is 13.6. The van der Waals surface area contributed by atoms with Crippen LogP contribution in [-0.2, 0) is 11.3 Å². The first-order chi connectivity index (χ1) is 22.0. The van der Waals surface area contributed by atoms with Crippen molar-refractivity contribution in [3.8, 4) is 22.4 Å². The van der Waals surface area contributed by atoms with Crippen LogP contribution in [0.15, 0.2) is 77.3 Å². The second-order valence-corrected chi connectivity index (χ2v) is 13.1. The summed E-state index contributed by atoms with van der Waals surface area (Å²) in [5.74, 6) is 1.04. The van der Waals surface area contributed by atoms with Crippen LogP contribution in [0.25, 0.3) is 22.4 Å². The molecule has 2 aliphatic carbocycles. The van der Waals surface area contributed by atoms with Crippen LogP contribution in [-0.4, -0.2) is 45.4 Å². The number of rotatable bonds is 9. The molecule has 2 saturated heterocycles. The molecule has 1 aromatic heterocycles. The fourth-order valence-corrected chi connectivity index (χ4v) is 7.45. The van der Waals surface area contributed by atoms with Crippen LogP contribution < -0.4 is 5.32 Å². The maximum atomic E-state index is 13.6. The van der Waals surface area contributed by atoms with Crippen molar-refractivity contribution in [1.29, 1.82) is 0 Å². The zero-order chi connectivity index (χ0) is 30.5. The highest BCUT2D eigenvalue weighted by molar-refractivity contribution is 5.98. The number of fused-ring (bicyclic) bond motifs is 2. The Bertz CT molecular complexity index is 1730. The summed E-state index contributed by atoms with van der Waals surface area (Å²) >= 11 is 0. The number of nitrogens with zero attached hydrogens (tertiary/aromatic N) is 2. The summed E-state index contributed by atoms with van der Waals surface area (Å²) in [5.41, 5.74) is 6.72. The van der Waals surface area contributed by atoms with E-state index in [1.54, 1.807) is 18.2 Å². The number of hydrogen-bond donors (Lipinski definition) is 2. The predicted molar refractivity (Wildman–Crippen MR) is 170 cm³/mol. The topological polar surface area (TPSA) is 105 Å². The van der Waals surface area contributed by atoms with Gasteiger partial charge in [0.2, 0.25) is 0 Å². The Labute approximate surface area is 262 Å². The van der Waals surface area contributed by atoms with E-state index in [1.165, 1.54) is 24.0 Å². The van der Waals surface area contributed by atoms with Gasteiger partial charge in [-0.2, -0.15) is 0 Å². The highest BCUT2D eigenvalue weighted by Crippen LogP contribution is 2.48. The Hall–Kier alpha value is -4.43. The highest BCUT2D eigenvalue weighted by Gasteiger charge is 2.44. The molecule has 0 spiro atoms. The number of carboxylic acid groups (broad SMARTS) is 1. The van der Waals surface area contributed by atoms with E-state index in [-0.39, 0.29) is 29.8 Å². The number of carbonyl (C=O) groups excluding carboxylic acids is 1. The molecule has 4 aliphatic rings. The predicted octanol–water partition coefficient (Wildman–Crippen LogP) is 8.21. The zero-order valence-corrected chi connectivity index (χ0v) is 25.2. The van der Waals surface area contributed by atoms with E-state index >= 15 is 0 Å². The molecule has 8 heteroatoms. The largest absolute Gasteiger partial charge is 0.478 e. The Morgan fingerprint density at radius 1 is 0.867 bits per heavy atom. The number of ether oxygens (including phenoxy) is 1. The molecule has 2 aliphatic heterocycles. The third-order valence-corrected chi connectivity index (χ3v) is 9.97. The van der Waals surface area contributed by atoms with E-state index in [0.717, 1.165) is 61.1 Å². The first-order valence-electron chi connectivity index (χ1n) is 16.2. The Morgan fingerprint density at radius 3 is 2.29 bits per heavy atom. The molecule has 3 aromatic carbocycles. The molecule has 8 rings (SSSR count). The molecule has 230 valence electrons. The van der Waals surface area contributed by atoms with Crippen molar-refractivity contribution >= 4 is 17.7 Å². The van der Waals surface area contributed by atoms with Crippen molar-refractivity contribution < 1.29 is 24.0 Å². The van der Waals surface area contributed by atoms with Crippen molar-refractivity contribution in [3.63, 3.8) is 0 Å². The number of nitrogens with one attached hydrogen (secondary N) is 1. The summed E-state index contributed by atoms with van der Waals surface area (Å²) in [6.07, 6.45) is 8.26. The molecule has 8 nitrogen and oxygen atoms in total. The minimum atomic E-state index is -0.999. The lowest BCUT2D eigenvalue weighted by Gasteiger charge is -2.38. The first-order valence-corrected chi connectivity index (χ1v) is 16.2. The van der Waals surface area contributed by atoms with E-state index in [4.69, 9.17) is 9.26 Å². The molecular formula is C37H37N3O5. The summed E-state index contributed by atoms with van der Waals surface area (Å²) in [6, 6.07) is 23.0. The van der Waals surface area contributed by atoms with Crippen LogP contribution in [0.1, 0.15) is 90.4 Å². The van der Waals surface area contributed by atoms with E-state index in [9.17, 15) is 14.7 Å². The molecular weight excluding hydrogens is 566 g/mol. The van der Waals surface area contributed by atoms with Gasteiger partial charge in [0.15, 0.2) is 0 Å². The monoisotopic (exact) mass is 603 g/mol. The number of piperidine rings is 1. The first kappa shape index (κ1) is 28.1. The van der Waals surface area contributed by atoms with Crippen molar-refractivity contribution in [3.05, 3.63) is 95.2 Å². The molecule has 4 fully saturated rings. The molecule has 4 aromatic rings. The molecule has 2 N–H and O–H groups in total. The second-order valence-electron chi connectivity index (χ2n) is 13.1. The number of amides is 2. The molecule has 3 heterocycles. The van der Waals surface area contributed by atoms with Crippen molar-refractivity contribution in [2.45, 2.75) is 88.0 Å². The summed E-state index contributed by atoms with van der Waals surface area (Å²) in [5, 5.41) is 17.4. The van der Waals surface area contributed by atoms with Gasteiger partial charge in [-0.1, -0.05) is 59.8 Å². The molecule has 2 atom stereocenters. The average Bonchev–Trinajstić information content (AvgIpc) is 4.00. The number of urea groups is 1. The summed E-state index contributed by atoms with van der Waals surface area (Å²) in [4.78, 5) is 27.5. The molecule has 2 unspecified atom stereocenters. The van der Waals surface area contributed by atoms with Crippen LogP contribution in [0, 0.1) is 0 Å². The van der Waals surface area contributed by atoms with Crippen molar-refractivity contribution in [1.82, 2.24) is 10.1 Å². The minimum Gasteiger partial charge on any atom is -0.478 e. The van der Waals surface area contributed by atoms with E-state index < -0.39 is 5.97 Å². The van der Waals surface area contributed by atoms with Gasteiger partial charge in [0.05, 0.1) is 18.3 Å². The maximum Gasteiger partial charge on any atom is 0.336 e. The average molecular weight is 604 g/mol. The fraction of sp³-hybridized carbons (Fsp3) is 0.378. The SMILES string of the molecule is O=C(O)c1ccc(NC(=O)N2C3CCC2CC(OCc2c(-c4ccccc4C4CC4)noc2C2CC2)C3)cc1-c1ccccc1. The summed E-state index contributed by atoms with van der Waals surface area (Å²) < 4.78 is 12.6. The van der Waals surface area contributed by atoms with E-state index in [0.29, 0.717) is 29.7 Å².